The van der Waals surface area contributed by atoms with Gasteiger partial charge in [-0.15, -0.1) is 4.47 Å². The Bertz CT molecular complexity index is 612. The van der Waals surface area contributed by atoms with Crippen LogP contribution in [0.2, 0.25) is 0 Å². The van der Waals surface area contributed by atoms with Crippen molar-refractivity contribution in [3.63, 3.8) is 0 Å². The summed E-state index contributed by atoms with van der Waals surface area (Å²) in [4.78, 5) is 4.37. The highest BCUT2D eigenvalue weighted by Crippen LogP contribution is 2.23. The Morgan fingerprint density at radius 2 is 2.29 bits per heavy atom. The third-order valence-corrected chi connectivity index (χ3v) is 3.43. The zero-order valence-corrected chi connectivity index (χ0v) is 9.90. The lowest BCUT2D eigenvalue weighted by molar-refractivity contribution is 0.927. The van der Waals surface area contributed by atoms with E-state index in [1.165, 1.54) is 11.1 Å². The van der Waals surface area contributed by atoms with Crippen molar-refractivity contribution < 1.29 is 0 Å². The highest BCUT2D eigenvalue weighted by molar-refractivity contribution is 9.10. The van der Waals surface area contributed by atoms with E-state index in [-0.39, 0.29) is 0 Å². The number of hydrogen-bond donors (Lipinski definition) is 0. The molecule has 3 nitrogen and oxygen atoms in total. The molecule has 3 rings (SSSR count). The number of aromatic nitrogens is 2. The molecule has 0 N–H and O–H groups in total. The molecule has 2 heterocycles. The maximum absolute atomic E-state index is 5.94. The van der Waals surface area contributed by atoms with Crippen molar-refractivity contribution >= 4 is 54.0 Å². The van der Waals surface area contributed by atoms with E-state index in [0.717, 1.165) is 21.3 Å². The molecular formula is C8H3BrClN3S. The van der Waals surface area contributed by atoms with Gasteiger partial charge in [0.1, 0.15) is 0 Å². The molecule has 14 heavy (non-hydrogen) atoms. The summed E-state index contributed by atoms with van der Waals surface area (Å²) >= 11 is 10.6. The van der Waals surface area contributed by atoms with Crippen LogP contribution in [0.1, 0.15) is 5.82 Å². The summed E-state index contributed by atoms with van der Waals surface area (Å²) in [5.41, 5.74) is 1.88. The fraction of sp³-hybridized carbons (Fsp3) is 0. The Labute approximate surface area is 96.5 Å². The number of imidazole rings is 1. The minimum Gasteiger partial charge on any atom is -0.225 e. The first kappa shape index (κ1) is 8.64. The maximum Gasteiger partial charge on any atom is 0.186 e. The molecule has 70 valence electrons. The molecule has 1 aromatic heterocycles. The minimum absolute atomic E-state index is 0.623. The number of fused-ring (bicyclic) bond motifs is 3. The van der Waals surface area contributed by atoms with Crippen LogP contribution in [0.4, 0.5) is 0 Å². The molecule has 0 radical (unpaired) electrons. The summed E-state index contributed by atoms with van der Waals surface area (Å²) in [5.74, 6) is 0.727. The lowest BCUT2D eigenvalue weighted by atomic mass is 10.3. The summed E-state index contributed by atoms with van der Waals surface area (Å²) < 4.78 is 7.58. The van der Waals surface area contributed by atoms with Crippen LogP contribution in [0.25, 0.3) is 11.0 Å². The summed E-state index contributed by atoms with van der Waals surface area (Å²) in [7, 11) is 0. The molecule has 1 aromatic carbocycles. The predicted octanol–water partition coefficient (Wildman–Crippen LogP) is 2.56. The van der Waals surface area contributed by atoms with Crippen LogP contribution in [0.3, 0.4) is 0 Å². The van der Waals surface area contributed by atoms with Gasteiger partial charge in [0.2, 0.25) is 0 Å². The first-order valence-electron chi connectivity index (χ1n) is 3.85. The van der Waals surface area contributed by atoms with Gasteiger partial charge in [0.15, 0.2) is 10.1 Å². The number of halogens is 2. The van der Waals surface area contributed by atoms with Gasteiger partial charge in [-0.3, -0.25) is 0 Å². The molecule has 0 fully saturated rings. The van der Waals surface area contributed by atoms with E-state index in [1.807, 2.05) is 18.2 Å². The summed E-state index contributed by atoms with van der Waals surface area (Å²) in [5, 5.41) is 0. The average molecular weight is 289 g/mol. The van der Waals surface area contributed by atoms with Crippen LogP contribution in [-0.4, -0.2) is 14.0 Å². The molecule has 0 saturated carbocycles. The number of benzene rings is 1. The molecule has 0 amide bonds. The van der Waals surface area contributed by atoms with E-state index in [4.69, 9.17) is 11.6 Å². The molecule has 1 aliphatic rings. The van der Waals surface area contributed by atoms with Crippen molar-refractivity contribution in [2.24, 2.45) is 4.47 Å². The number of rotatable bonds is 0. The predicted molar refractivity (Wildman–Crippen MR) is 62.6 cm³/mol. The molecule has 0 saturated heterocycles. The Morgan fingerprint density at radius 1 is 1.43 bits per heavy atom. The van der Waals surface area contributed by atoms with Gasteiger partial charge >= 0.3 is 0 Å². The standard InChI is InChI=1S/C8H3BrClN3S/c9-4-1-2-5-6(3-4)13-8(11-5)7(10)14-12-13/h1-3H. The maximum atomic E-state index is 5.94. The molecule has 0 atom stereocenters. The van der Waals surface area contributed by atoms with Crippen molar-refractivity contribution in [1.82, 2.24) is 9.66 Å². The second-order valence-corrected chi connectivity index (χ2v) is 5.10. The molecule has 0 unspecified atom stereocenters. The van der Waals surface area contributed by atoms with Crippen LogP contribution in [-0.2, 0) is 11.1 Å². The second kappa shape index (κ2) is 2.92. The number of hydrogen-bond acceptors (Lipinski definition) is 2. The smallest absolute Gasteiger partial charge is 0.186 e. The largest absolute Gasteiger partial charge is 0.225 e. The first-order chi connectivity index (χ1) is 6.75. The van der Waals surface area contributed by atoms with E-state index in [1.54, 1.807) is 4.68 Å². The topological polar surface area (TPSA) is 30.2 Å². The van der Waals surface area contributed by atoms with Crippen molar-refractivity contribution in [1.29, 1.82) is 0 Å². The Morgan fingerprint density at radius 3 is 3.14 bits per heavy atom. The highest BCUT2D eigenvalue weighted by atomic mass is 79.9. The normalized spacial score (nSPS) is 14.0. The molecule has 0 aliphatic carbocycles. The molecular weight excluding hydrogens is 286 g/mol. The van der Waals surface area contributed by atoms with Crippen molar-refractivity contribution in [3.05, 3.63) is 28.5 Å². The van der Waals surface area contributed by atoms with E-state index in [0.29, 0.717) is 4.32 Å². The third kappa shape index (κ3) is 1.09. The van der Waals surface area contributed by atoms with Gasteiger partial charge in [-0.1, -0.05) is 27.5 Å². The summed E-state index contributed by atoms with van der Waals surface area (Å²) in [6, 6.07) is 5.87. The zero-order chi connectivity index (χ0) is 9.71. The van der Waals surface area contributed by atoms with Gasteiger partial charge in [0, 0.05) is 15.6 Å². The first-order valence-corrected chi connectivity index (χ1v) is 5.79. The minimum atomic E-state index is 0.623. The van der Waals surface area contributed by atoms with Crippen molar-refractivity contribution in [3.8, 4) is 0 Å². The SMILES string of the molecule is ClC1=S=Nn2c1nc1ccc(Br)cc12. The van der Waals surface area contributed by atoms with Gasteiger partial charge < -0.3 is 0 Å². The van der Waals surface area contributed by atoms with Gasteiger partial charge in [-0.25, -0.2) is 9.66 Å². The summed E-state index contributed by atoms with van der Waals surface area (Å²) in [6.45, 7) is 0. The van der Waals surface area contributed by atoms with Crippen LogP contribution >= 0.6 is 27.5 Å². The monoisotopic (exact) mass is 287 g/mol. The Balaban J connectivity index is 2.44. The van der Waals surface area contributed by atoms with E-state index < -0.39 is 0 Å². The van der Waals surface area contributed by atoms with Gasteiger partial charge in [-0.05, 0) is 18.2 Å². The van der Waals surface area contributed by atoms with Gasteiger partial charge in [-0.2, -0.15) is 0 Å². The molecule has 2 aromatic rings. The lowest BCUT2D eigenvalue weighted by Crippen LogP contribution is -1.94. The van der Waals surface area contributed by atoms with Gasteiger partial charge in [0.05, 0.1) is 11.0 Å². The Hall–Kier alpha value is -0.650. The van der Waals surface area contributed by atoms with Crippen LogP contribution < -0.4 is 0 Å². The number of nitrogens with zero attached hydrogens (tertiary/aromatic N) is 3. The second-order valence-electron chi connectivity index (χ2n) is 2.83. The molecule has 6 heteroatoms. The molecule has 1 aliphatic heterocycles. The third-order valence-electron chi connectivity index (χ3n) is 1.97. The molecule has 0 bridgehead atoms. The summed E-state index contributed by atoms with van der Waals surface area (Å²) in [6.07, 6.45) is 0. The zero-order valence-electron chi connectivity index (χ0n) is 6.74. The van der Waals surface area contributed by atoms with Gasteiger partial charge in [0.25, 0.3) is 0 Å². The quantitative estimate of drug-likeness (QED) is 0.541. The fourth-order valence-corrected chi connectivity index (χ4v) is 2.46. The fourth-order valence-electron chi connectivity index (χ4n) is 1.36. The van der Waals surface area contributed by atoms with Crippen molar-refractivity contribution in [2.75, 3.05) is 0 Å². The van der Waals surface area contributed by atoms with Crippen LogP contribution in [0, 0.1) is 0 Å². The van der Waals surface area contributed by atoms with Crippen LogP contribution in [0.5, 0.6) is 0 Å². The average Bonchev–Trinajstić information content (AvgIpc) is 2.67. The van der Waals surface area contributed by atoms with Crippen LogP contribution in [0.15, 0.2) is 27.1 Å². The highest BCUT2D eigenvalue weighted by Gasteiger charge is 2.16. The van der Waals surface area contributed by atoms with Crippen molar-refractivity contribution in [2.45, 2.75) is 0 Å². The molecule has 0 spiro atoms. The van der Waals surface area contributed by atoms with E-state index in [9.17, 15) is 0 Å². The van der Waals surface area contributed by atoms with E-state index >= 15 is 0 Å². The van der Waals surface area contributed by atoms with E-state index in [2.05, 4.69) is 25.4 Å². The lowest BCUT2D eigenvalue weighted by Gasteiger charge is -1.93. The Kier molecular flexibility index (Phi) is 1.80.